The lowest BCUT2D eigenvalue weighted by Crippen LogP contribution is -2.13. The number of benzene rings is 2. The zero-order chi connectivity index (χ0) is 17.2. The van der Waals surface area contributed by atoms with Crippen LogP contribution < -0.4 is 4.72 Å². The van der Waals surface area contributed by atoms with Crippen LogP contribution >= 0.6 is 0 Å². The molecule has 0 spiro atoms. The Hall–Kier alpha value is -3.20. The largest absolute Gasteiger partial charge is 0.444 e. The van der Waals surface area contributed by atoms with Crippen molar-refractivity contribution in [2.75, 3.05) is 4.72 Å². The number of aromatic nitrogens is 1. The monoisotopic (exact) mass is 345 g/mol. The number of hydrogen-bond donors (Lipinski definition) is 1. The summed E-state index contributed by atoms with van der Waals surface area (Å²) < 4.78 is 32.2. The van der Waals surface area contributed by atoms with E-state index in [-0.39, 0.29) is 10.6 Å². The van der Waals surface area contributed by atoms with Crippen LogP contribution in [0.25, 0.3) is 11.3 Å². The maximum atomic E-state index is 12.3. The Bertz CT molecular complexity index is 967. The Balaban J connectivity index is 1.84. The molecule has 0 radical (unpaired) electrons. The molecule has 0 aliphatic heterocycles. The van der Waals surface area contributed by atoms with Gasteiger partial charge in [-0.25, -0.2) is 13.4 Å². The molecule has 24 heavy (non-hydrogen) atoms. The fourth-order valence-corrected chi connectivity index (χ4v) is 3.14. The number of non-ortho nitro benzene ring substituents is 1. The molecule has 0 unspecified atom stereocenters. The molecule has 8 nitrogen and oxygen atoms in total. The van der Waals surface area contributed by atoms with Crippen molar-refractivity contribution in [2.24, 2.45) is 0 Å². The summed E-state index contributed by atoms with van der Waals surface area (Å²) in [5, 5.41) is 10.8. The number of nitrogens with zero attached hydrogens (tertiary/aromatic N) is 2. The van der Waals surface area contributed by atoms with E-state index in [0.717, 1.165) is 11.6 Å². The Kier molecular flexibility index (Phi) is 4.00. The minimum Gasteiger partial charge on any atom is -0.444 e. The molecule has 0 bridgehead atoms. The van der Waals surface area contributed by atoms with Crippen LogP contribution in [0.3, 0.4) is 0 Å². The predicted molar refractivity (Wildman–Crippen MR) is 85.8 cm³/mol. The number of anilines is 1. The van der Waals surface area contributed by atoms with Gasteiger partial charge in [0, 0.05) is 23.4 Å². The first-order chi connectivity index (χ1) is 11.5. The quantitative estimate of drug-likeness (QED) is 0.561. The average Bonchev–Trinajstić information content (AvgIpc) is 3.10. The van der Waals surface area contributed by atoms with Crippen molar-refractivity contribution in [3.63, 3.8) is 0 Å². The molecular weight excluding hydrogens is 334 g/mol. The number of sulfonamides is 1. The van der Waals surface area contributed by atoms with Gasteiger partial charge in [-0.15, -0.1) is 0 Å². The Morgan fingerprint density at radius 2 is 1.88 bits per heavy atom. The van der Waals surface area contributed by atoms with Crippen LogP contribution in [0.4, 0.5) is 11.4 Å². The highest BCUT2D eigenvalue weighted by Gasteiger charge is 2.17. The first kappa shape index (κ1) is 15.7. The molecule has 0 fully saturated rings. The van der Waals surface area contributed by atoms with E-state index in [1.807, 2.05) is 0 Å². The zero-order valence-corrected chi connectivity index (χ0v) is 12.9. The lowest BCUT2D eigenvalue weighted by Gasteiger charge is -2.08. The third kappa shape index (κ3) is 3.25. The average molecular weight is 345 g/mol. The van der Waals surface area contributed by atoms with Crippen molar-refractivity contribution >= 4 is 21.4 Å². The topological polar surface area (TPSA) is 115 Å². The van der Waals surface area contributed by atoms with Crippen LogP contribution in [-0.4, -0.2) is 18.3 Å². The number of rotatable bonds is 5. The SMILES string of the molecule is O=[N+]([O-])c1cccc(S(=O)(=O)Nc2ccc(-c3cnco3)cc2)c1. The molecule has 3 rings (SSSR count). The molecule has 1 N–H and O–H groups in total. The van der Waals surface area contributed by atoms with Crippen LogP contribution in [0, 0.1) is 10.1 Å². The number of nitro benzene ring substituents is 1. The number of oxazole rings is 1. The van der Waals surface area contributed by atoms with Gasteiger partial charge < -0.3 is 4.42 Å². The Labute approximate surface area is 137 Å². The van der Waals surface area contributed by atoms with Crippen LogP contribution in [0.5, 0.6) is 0 Å². The minimum absolute atomic E-state index is 0.184. The van der Waals surface area contributed by atoms with Crippen molar-refractivity contribution in [3.8, 4) is 11.3 Å². The molecule has 0 saturated heterocycles. The first-order valence-corrected chi connectivity index (χ1v) is 8.20. The smallest absolute Gasteiger partial charge is 0.270 e. The Morgan fingerprint density at radius 1 is 1.12 bits per heavy atom. The Morgan fingerprint density at radius 3 is 2.50 bits per heavy atom. The second kappa shape index (κ2) is 6.13. The van der Waals surface area contributed by atoms with Crippen molar-refractivity contribution in [3.05, 3.63) is 71.2 Å². The van der Waals surface area contributed by atoms with Gasteiger partial charge in [-0.05, 0) is 30.3 Å². The van der Waals surface area contributed by atoms with E-state index < -0.39 is 14.9 Å². The van der Waals surface area contributed by atoms with Crippen LogP contribution in [0.2, 0.25) is 0 Å². The van der Waals surface area contributed by atoms with E-state index in [1.165, 1.54) is 24.6 Å². The molecule has 0 saturated carbocycles. The second-order valence-corrected chi connectivity index (χ2v) is 6.49. The molecule has 1 heterocycles. The highest BCUT2D eigenvalue weighted by atomic mass is 32.2. The lowest BCUT2D eigenvalue weighted by molar-refractivity contribution is -0.385. The van der Waals surface area contributed by atoms with Crippen molar-refractivity contribution in [2.45, 2.75) is 4.90 Å². The van der Waals surface area contributed by atoms with Gasteiger partial charge >= 0.3 is 0 Å². The van der Waals surface area contributed by atoms with E-state index in [2.05, 4.69) is 9.71 Å². The second-order valence-electron chi connectivity index (χ2n) is 4.80. The van der Waals surface area contributed by atoms with Gasteiger partial charge in [0.1, 0.15) is 0 Å². The van der Waals surface area contributed by atoms with Gasteiger partial charge in [0.15, 0.2) is 12.2 Å². The van der Waals surface area contributed by atoms with E-state index >= 15 is 0 Å². The van der Waals surface area contributed by atoms with Crippen molar-refractivity contribution < 1.29 is 17.8 Å². The maximum absolute atomic E-state index is 12.3. The molecule has 2 aromatic carbocycles. The zero-order valence-electron chi connectivity index (χ0n) is 12.1. The van der Waals surface area contributed by atoms with Gasteiger partial charge in [0.05, 0.1) is 16.0 Å². The molecular formula is C15H11N3O5S. The molecule has 122 valence electrons. The summed E-state index contributed by atoms with van der Waals surface area (Å²) >= 11 is 0. The van der Waals surface area contributed by atoms with Gasteiger partial charge in [-0.3, -0.25) is 14.8 Å². The summed E-state index contributed by atoms with van der Waals surface area (Å²) in [6.07, 6.45) is 2.84. The van der Waals surface area contributed by atoms with Gasteiger partial charge in [0.2, 0.25) is 0 Å². The summed E-state index contributed by atoms with van der Waals surface area (Å²) in [5.74, 6) is 0.558. The van der Waals surface area contributed by atoms with E-state index in [4.69, 9.17) is 4.42 Å². The minimum atomic E-state index is -3.93. The van der Waals surface area contributed by atoms with Crippen LogP contribution in [-0.2, 0) is 10.0 Å². The van der Waals surface area contributed by atoms with Gasteiger partial charge in [0.25, 0.3) is 15.7 Å². The highest BCUT2D eigenvalue weighted by molar-refractivity contribution is 7.92. The fraction of sp³-hybridized carbons (Fsp3) is 0. The molecule has 0 amide bonds. The summed E-state index contributed by atoms with van der Waals surface area (Å²) in [4.78, 5) is 13.7. The highest BCUT2D eigenvalue weighted by Crippen LogP contribution is 2.23. The molecule has 9 heteroatoms. The molecule has 1 aromatic heterocycles. The van der Waals surface area contributed by atoms with Gasteiger partial charge in [-0.1, -0.05) is 6.07 Å². The number of nitrogens with one attached hydrogen (secondary N) is 1. The van der Waals surface area contributed by atoms with Crippen molar-refractivity contribution in [1.29, 1.82) is 0 Å². The van der Waals surface area contributed by atoms with Crippen molar-refractivity contribution in [1.82, 2.24) is 4.98 Å². The molecule has 0 aliphatic carbocycles. The van der Waals surface area contributed by atoms with E-state index in [0.29, 0.717) is 11.4 Å². The number of nitro groups is 1. The molecule has 0 atom stereocenters. The summed E-state index contributed by atoms with van der Waals surface area (Å²) in [7, 11) is -3.93. The molecule has 3 aromatic rings. The predicted octanol–water partition coefficient (Wildman–Crippen LogP) is 3.05. The molecule has 0 aliphatic rings. The van der Waals surface area contributed by atoms with Gasteiger partial charge in [-0.2, -0.15) is 0 Å². The summed E-state index contributed by atoms with van der Waals surface area (Å²) in [6, 6.07) is 11.3. The van der Waals surface area contributed by atoms with E-state index in [1.54, 1.807) is 30.5 Å². The maximum Gasteiger partial charge on any atom is 0.270 e. The normalized spacial score (nSPS) is 11.2. The summed E-state index contributed by atoms with van der Waals surface area (Å²) in [5.41, 5.74) is 0.772. The van der Waals surface area contributed by atoms with Crippen LogP contribution in [0.15, 0.2) is 70.4 Å². The third-order valence-electron chi connectivity index (χ3n) is 3.19. The van der Waals surface area contributed by atoms with E-state index in [9.17, 15) is 18.5 Å². The lowest BCUT2D eigenvalue weighted by atomic mass is 10.2. The number of hydrogen-bond acceptors (Lipinski definition) is 6. The standard InChI is InChI=1S/C15H11N3O5S/c19-18(20)13-2-1-3-14(8-13)24(21,22)17-12-6-4-11(5-7-12)15-9-16-10-23-15/h1-10,17H. The fourth-order valence-electron chi connectivity index (χ4n) is 2.04. The third-order valence-corrected chi connectivity index (χ3v) is 4.57. The first-order valence-electron chi connectivity index (χ1n) is 6.72. The van der Waals surface area contributed by atoms with Crippen LogP contribution in [0.1, 0.15) is 0 Å². The summed E-state index contributed by atoms with van der Waals surface area (Å²) in [6.45, 7) is 0.